The van der Waals surface area contributed by atoms with Crippen molar-refractivity contribution in [3.05, 3.63) is 54.1 Å². The molecule has 0 aliphatic carbocycles. The van der Waals surface area contributed by atoms with Gasteiger partial charge in [-0.15, -0.1) is 0 Å². The minimum atomic E-state index is 0.0844. The van der Waals surface area contributed by atoms with Gasteiger partial charge in [-0.3, -0.25) is 0 Å². The Morgan fingerprint density at radius 1 is 0.842 bits per heavy atom. The van der Waals surface area contributed by atoms with Crippen LogP contribution in [0.1, 0.15) is 26.3 Å². The van der Waals surface area contributed by atoms with Crippen LogP contribution in [-0.4, -0.2) is 7.11 Å². The van der Waals surface area contributed by atoms with Crippen LogP contribution in [0.4, 0.5) is 0 Å². The van der Waals surface area contributed by atoms with E-state index in [0.717, 1.165) is 17.2 Å². The van der Waals surface area contributed by atoms with Gasteiger partial charge in [0.15, 0.2) is 11.5 Å². The predicted octanol–water partition coefficient (Wildman–Crippen LogP) is 4.79. The third-order valence-electron chi connectivity index (χ3n) is 3.00. The van der Waals surface area contributed by atoms with Crippen molar-refractivity contribution < 1.29 is 9.47 Å². The molecule has 19 heavy (non-hydrogen) atoms. The van der Waals surface area contributed by atoms with Gasteiger partial charge in [0.1, 0.15) is 5.75 Å². The van der Waals surface area contributed by atoms with E-state index in [2.05, 4.69) is 26.8 Å². The van der Waals surface area contributed by atoms with E-state index in [1.54, 1.807) is 7.11 Å². The predicted molar refractivity (Wildman–Crippen MR) is 78.2 cm³/mol. The molecule has 0 heterocycles. The Morgan fingerprint density at radius 2 is 1.53 bits per heavy atom. The first-order valence-corrected chi connectivity index (χ1v) is 6.42. The smallest absolute Gasteiger partial charge is 0.169 e. The molecule has 0 saturated carbocycles. The molecule has 0 aliphatic rings. The van der Waals surface area contributed by atoms with Crippen LogP contribution < -0.4 is 9.47 Å². The van der Waals surface area contributed by atoms with Crippen molar-refractivity contribution in [3.8, 4) is 17.2 Å². The average molecular weight is 256 g/mol. The first-order chi connectivity index (χ1) is 9.00. The summed E-state index contributed by atoms with van der Waals surface area (Å²) in [7, 11) is 1.66. The van der Waals surface area contributed by atoms with Gasteiger partial charge >= 0.3 is 0 Å². The Hall–Kier alpha value is -1.96. The maximum Gasteiger partial charge on any atom is 0.169 e. The molecule has 0 bridgehead atoms. The molecule has 0 unspecified atom stereocenters. The van der Waals surface area contributed by atoms with E-state index in [0.29, 0.717) is 0 Å². The topological polar surface area (TPSA) is 18.5 Å². The molecule has 0 spiro atoms. The van der Waals surface area contributed by atoms with Gasteiger partial charge < -0.3 is 9.47 Å². The van der Waals surface area contributed by atoms with Crippen LogP contribution in [0.2, 0.25) is 0 Å². The van der Waals surface area contributed by atoms with Crippen molar-refractivity contribution in [2.75, 3.05) is 7.11 Å². The number of ether oxygens (including phenoxy) is 2. The molecule has 0 saturated heterocycles. The second-order valence-electron chi connectivity index (χ2n) is 5.53. The van der Waals surface area contributed by atoms with Crippen molar-refractivity contribution in [2.24, 2.45) is 0 Å². The van der Waals surface area contributed by atoms with Gasteiger partial charge in [0.05, 0.1) is 7.11 Å². The van der Waals surface area contributed by atoms with Gasteiger partial charge in [-0.05, 0) is 35.2 Å². The molecule has 2 aromatic carbocycles. The molecule has 0 radical (unpaired) electrons. The molecule has 2 nitrogen and oxygen atoms in total. The molecule has 100 valence electrons. The Labute approximate surface area is 115 Å². The Bertz CT molecular complexity index is 539. The van der Waals surface area contributed by atoms with Crippen molar-refractivity contribution in [3.63, 3.8) is 0 Å². The lowest BCUT2D eigenvalue weighted by molar-refractivity contribution is 0.377. The van der Waals surface area contributed by atoms with Crippen LogP contribution in [0.15, 0.2) is 48.5 Å². The minimum absolute atomic E-state index is 0.0844. The highest BCUT2D eigenvalue weighted by molar-refractivity contribution is 5.47. The molecule has 0 aliphatic heterocycles. The van der Waals surface area contributed by atoms with Gasteiger partial charge in [-0.2, -0.15) is 0 Å². The van der Waals surface area contributed by atoms with Crippen molar-refractivity contribution in [1.82, 2.24) is 0 Å². The normalized spacial score (nSPS) is 11.2. The fourth-order valence-corrected chi connectivity index (χ4v) is 1.84. The van der Waals surface area contributed by atoms with Crippen LogP contribution in [0.3, 0.4) is 0 Å². The van der Waals surface area contributed by atoms with Gasteiger partial charge in [-0.25, -0.2) is 0 Å². The number of benzene rings is 2. The summed E-state index contributed by atoms with van der Waals surface area (Å²) in [5.74, 6) is 2.31. The van der Waals surface area contributed by atoms with Crippen LogP contribution in [0.5, 0.6) is 17.2 Å². The van der Waals surface area contributed by atoms with E-state index in [-0.39, 0.29) is 5.41 Å². The molecule has 2 rings (SSSR count). The summed E-state index contributed by atoms with van der Waals surface area (Å²) >= 11 is 0. The largest absolute Gasteiger partial charge is 0.493 e. The fraction of sp³-hybridized carbons (Fsp3) is 0.294. The lowest BCUT2D eigenvalue weighted by Gasteiger charge is -2.21. The summed E-state index contributed by atoms with van der Waals surface area (Å²) in [6.45, 7) is 6.54. The number of rotatable bonds is 3. The summed E-state index contributed by atoms with van der Waals surface area (Å²) in [5.41, 5.74) is 1.31. The van der Waals surface area contributed by atoms with E-state index < -0.39 is 0 Å². The Kier molecular flexibility index (Phi) is 3.79. The van der Waals surface area contributed by atoms with E-state index in [4.69, 9.17) is 9.47 Å². The molecular formula is C17H20O2. The Balaban J connectivity index is 2.37. The molecular weight excluding hydrogens is 236 g/mol. The van der Waals surface area contributed by atoms with Crippen molar-refractivity contribution >= 4 is 0 Å². The molecule has 0 N–H and O–H groups in total. The van der Waals surface area contributed by atoms with Gasteiger partial charge in [-0.1, -0.05) is 45.0 Å². The lowest BCUT2D eigenvalue weighted by atomic mass is 9.87. The summed E-state index contributed by atoms with van der Waals surface area (Å²) in [5, 5.41) is 0. The van der Waals surface area contributed by atoms with Crippen LogP contribution >= 0.6 is 0 Å². The summed E-state index contributed by atoms with van der Waals surface area (Å²) in [6, 6.07) is 15.8. The maximum atomic E-state index is 5.91. The zero-order valence-corrected chi connectivity index (χ0v) is 11.9. The van der Waals surface area contributed by atoms with E-state index >= 15 is 0 Å². The summed E-state index contributed by atoms with van der Waals surface area (Å²) < 4.78 is 11.3. The monoisotopic (exact) mass is 256 g/mol. The molecule has 2 aromatic rings. The Morgan fingerprint density at radius 3 is 2.11 bits per heavy atom. The zero-order chi connectivity index (χ0) is 13.9. The third-order valence-corrected chi connectivity index (χ3v) is 3.00. The number of hydrogen-bond acceptors (Lipinski definition) is 2. The van der Waals surface area contributed by atoms with Gasteiger partial charge in [0.25, 0.3) is 0 Å². The van der Waals surface area contributed by atoms with Crippen LogP contribution in [0, 0.1) is 0 Å². The van der Waals surface area contributed by atoms with E-state index in [1.165, 1.54) is 5.56 Å². The highest BCUT2D eigenvalue weighted by Crippen LogP contribution is 2.35. The van der Waals surface area contributed by atoms with Gasteiger partial charge in [0, 0.05) is 0 Å². The minimum Gasteiger partial charge on any atom is -0.493 e. The average Bonchev–Trinajstić information content (AvgIpc) is 2.39. The zero-order valence-electron chi connectivity index (χ0n) is 11.9. The molecule has 0 atom stereocenters. The van der Waals surface area contributed by atoms with E-state index in [9.17, 15) is 0 Å². The summed E-state index contributed by atoms with van der Waals surface area (Å²) in [4.78, 5) is 0. The lowest BCUT2D eigenvalue weighted by Crippen LogP contribution is -2.11. The second-order valence-corrected chi connectivity index (χ2v) is 5.53. The molecule has 0 fully saturated rings. The van der Waals surface area contributed by atoms with Crippen LogP contribution in [-0.2, 0) is 5.41 Å². The number of hydrogen-bond donors (Lipinski definition) is 0. The van der Waals surface area contributed by atoms with E-state index in [1.807, 2.05) is 42.5 Å². The highest BCUT2D eigenvalue weighted by atomic mass is 16.5. The maximum absolute atomic E-state index is 5.91. The van der Waals surface area contributed by atoms with Crippen LogP contribution in [0.25, 0.3) is 0 Å². The van der Waals surface area contributed by atoms with Gasteiger partial charge in [0.2, 0.25) is 0 Å². The second kappa shape index (κ2) is 5.35. The third kappa shape index (κ3) is 3.28. The quantitative estimate of drug-likeness (QED) is 0.786. The SMILES string of the molecule is COc1ccc(C(C)(C)C)cc1Oc1ccccc1. The standard InChI is InChI=1S/C17H20O2/c1-17(2,3)13-10-11-15(18-4)16(12-13)19-14-8-6-5-7-9-14/h5-12H,1-4H3. The van der Waals surface area contributed by atoms with Crippen molar-refractivity contribution in [2.45, 2.75) is 26.2 Å². The fourth-order valence-electron chi connectivity index (χ4n) is 1.84. The number of para-hydroxylation sites is 1. The molecule has 0 aromatic heterocycles. The number of methoxy groups -OCH3 is 1. The summed E-state index contributed by atoms with van der Waals surface area (Å²) in [6.07, 6.45) is 0. The first-order valence-electron chi connectivity index (χ1n) is 6.42. The molecule has 2 heteroatoms. The highest BCUT2D eigenvalue weighted by Gasteiger charge is 2.16. The molecule has 0 amide bonds. The first kappa shape index (κ1) is 13.5. The van der Waals surface area contributed by atoms with Crippen molar-refractivity contribution in [1.29, 1.82) is 0 Å².